The largest absolute Gasteiger partial charge is 0.492 e. The molecule has 3 aromatic carbocycles. The molecule has 0 N–H and O–H groups in total. The lowest BCUT2D eigenvalue weighted by molar-refractivity contribution is 0.303. The zero-order valence-corrected chi connectivity index (χ0v) is 16.5. The molecule has 1 aromatic heterocycles. The van der Waals surface area contributed by atoms with E-state index in [0.29, 0.717) is 11.6 Å². The van der Waals surface area contributed by atoms with E-state index in [4.69, 9.17) is 21.3 Å². The summed E-state index contributed by atoms with van der Waals surface area (Å²) in [5.41, 5.74) is 3.53. The Bertz CT molecular complexity index is 1040. The Morgan fingerprint density at radius 2 is 1.57 bits per heavy atom. The van der Waals surface area contributed by atoms with Crippen molar-refractivity contribution in [2.24, 2.45) is 0 Å². The smallest absolute Gasteiger partial charge is 0.137 e. The third-order valence-electron chi connectivity index (χ3n) is 4.81. The first kappa shape index (κ1) is 18.6. The van der Waals surface area contributed by atoms with E-state index in [0.717, 1.165) is 42.9 Å². The second-order valence-corrected chi connectivity index (χ2v) is 7.22. The van der Waals surface area contributed by atoms with E-state index in [9.17, 15) is 0 Å². The second-order valence-electron chi connectivity index (χ2n) is 6.82. The van der Waals surface area contributed by atoms with Gasteiger partial charge in [-0.25, -0.2) is 4.98 Å². The van der Waals surface area contributed by atoms with Gasteiger partial charge < -0.3 is 9.30 Å². The van der Waals surface area contributed by atoms with E-state index in [-0.39, 0.29) is 0 Å². The Morgan fingerprint density at radius 3 is 2.43 bits per heavy atom. The first-order valence-electron chi connectivity index (χ1n) is 9.66. The molecule has 3 nitrogen and oxygen atoms in total. The normalized spacial score (nSPS) is 11.0. The third-order valence-corrected chi connectivity index (χ3v) is 5.12. The highest BCUT2D eigenvalue weighted by molar-refractivity contribution is 6.32. The Labute approximate surface area is 170 Å². The molecule has 0 aliphatic carbocycles. The van der Waals surface area contributed by atoms with Crippen molar-refractivity contribution in [3.05, 3.63) is 95.3 Å². The lowest BCUT2D eigenvalue weighted by atomic mass is 10.1. The number of ether oxygens (including phenoxy) is 1. The number of para-hydroxylation sites is 3. The van der Waals surface area contributed by atoms with Gasteiger partial charge in [0, 0.05) is 13.0 Å². The minimum Gasteiger partial charge on any atom is -0.492 e. The average molecular weight is 391 g/mol. The molecule has 142 valence electrons. The molecule has 0 amide bonds. The van der Waals surface area contributed by atoms with E-state index in [1.807, 2.05) is 36.4 Å². The van der Waals surface area contributed by atoms with Crippen LogP contribution in [0.4, 0.5) is 0 Å². The van der Waals surface area contributed by atoms with E-state index >= 15 is 0 Å². The molecule has 0 fully saturated rings. The highest BCUT2D eigenvalue weighted by Crippen LogP contribution is 2.23. The topological polar surface area (TPSA) is 27.1 Å². The number of fused-ring (bicyclic) bond motifs is 1. The maximum atomic E-state index is 6.14. The maximum absolute atomic E-state index is 6.14. The zero-order chi connectivity index (χ0) is 19.2. The fourth-order valence-electron chi connectivity index (χ4n) is 3.40. The summed E-state index contributed by atoms with van der Waals surface area (Å²) >= 11 is 6.14. The Balaban J connectivity index is 1.42. The standard InChI is InChI=1S/C24H23ClN2O/c25-20-12-4-7-15-23(20)28-17-9-8-16-27-22-14-6-5-13-21(22)26-24(27)18-19-10-2-1-3-11-19/h1-7,10-15H,8-9,16-18H2. The van der Waals surface area contributed by atoms with Crippen LogP contribution < -0.4 is 4.74 Å². The number of hydrogen-bond acceptors (Lipinski definition) is 2. The summed E-state index contributed by atoms with van der Waals surface area (Å²) < 4.78 is 8.16. The molecule has 1 heterocycles. The van der Waals surface area contributed by atoms with Crippen LogP contribution in [-0.4, -0.2) is 16.2 Å². The van der Waals surface area contributed by atoms with Gasteiger partial charge in [-0.05, 0) is 42.7 Å². The fraction of sp³-hybridized carbons (Fsp3) is 0.208. The first-order valence-corrected chi connectivity index (χ1v) is 10.0. The van der Waals surface area contributed by atoms with Crippen LogP contribution in [0.1, 0.15) is 24.2 Å². The lowest BCUT2D eigenvalue weighted by Gasteiger charge is -2.11. The van der Waals surface area contributed by atoms with Crippen molar-refractivity contribution in [2.45, 2.75) is 25.8 Å². The molecule has 0 aliphatic rings. The number of aryl methyl sites for hydroxylation is 1. The van der Waals surface area contributed by atoms with Gasteiger partial charge in [-0.1, -0.05) is 66.2 Å². The van der Waals surface area contributed by atoms with Crippen LogP contribution in [0.5, 0.6) is 5.75 Å². The van der Waals surface area contributed by atoms with Crippen molar-refractivity contribution in [1.82, 2.24) is 9.55 Å². The number of aromatic nitrogens is 2. The van der Waals surface area contributed by atoms with Gasteiger partial charge >= 0.3 is 0 Å². The monoisotopic (exact) mass is 390 g/mol. The fourth-order valence-corrected chi connectivity index (χ4v) is 3.59. The zero-order valence-electron chi connectivity index (χ0n) is 15.7. The van der Waals surface area contributed by atoms with E-state index in [2.05, 4.69) is 47.0 Å². The van der Waals surface area contributed by atoms with Crippen LogP contribution in [-0.2, 0) is 13.0 Å². The summed E-state index contributed by atoms with van der Waals surface area (Å²) in [6.07, 6.45) is 2.82. The summed E-state index contributed by atoms with van der Waals surface area (Å²) in [5.74, 6) is 1.86. The summed E-state index contributed by atoms with van der Waals surface area (Å²) in [6, 6.07) is 26.5. The predicted molar refractivity (Wildman–Crippen MR) is 115 cm³/mol. The average Bonchev–Trinajstić information content (AvgIpc) is 3.07. The first-order chi connectivity index (χ1) is 13.8. The van der Waals surface area contributed by atoms with Gasteiger partial charge in [-0.15, -0.1) is 0 Å². The van der Waals surface area contributed by atoms with Crippen LogP contribution in [0, 0.1) is 0 Å². The molecule has 0 atom stereocenters. The molecule has 0 aliphatic heterocycles. The van der Waals surface area contributed by atoms with Crippen LogP contribution in [0.2, 0.25) is 5.02 Å². The SMILES string of the molecule is Clc1ccccc1OCCCCn1c(Cc2ccccc2)nc2ccccc21. The maximum Gasteiger partial charge on any atom is 0.137 e. The van der Waals surface area contributed by atoms with Crippen LogP contribution in [0.15, 0.2) is 78.9 Å². The quantitative estimate of drug-likeness (QED) is 0.338. The van der Waals surface area contributed by atoms with Crippen molar-refractivity contribution in [3.8, 4) is 5.75 Å². The van der Waals surface area contributed by atoms with Crippen LogP contribution in [0.3, 0.4) is 0 Å². The molecule has 28 heavy (non-hydrogen) atoms. The van der Waals surface area contributed by atoms with Gasteiger partial charge in [0.2, 0.25) is 0 Å². The van der Waals surface area contributed by atoms with E-state index < -0.39 is 0 Å². The predicted octanol–water partition coefficient (Wildman–Crippen LogP) is 6.14. The molecule has 4 rings (SSSR count). The number of nitrogens with zero attached hydrogens (tertiary/aromatic N) is 2. The van der Waals surface area contributed by atoms with E-state index in [1.165, 1.54) is 11.1 Å². The number of hydrogen-bond donors (Lipinski definition) is 0. The molecule has 0 bridgehead atoms. The van der Waals surface area contributed by atoms with E-state index in [1.54, 1.807) is 0 Å². The molecular formula is C24H23ClN2O. The summed E-state index contributed by atoms with van der Waals surface area (Å²) in [5, 5.41) is 0.660. The highest BCUT2D eigenvalue weighted by Gasteiger charge is 2.11. The number of halogens is 1. The van der Waals surface area contributed by atoms with Gasteiger partial charge in [0.15, 0.2) is 0 Å². The number of unbranched alkanes of at least 4 members (excludes halogenated alkanes) is 1. The van der Waals surface area contributed by atoms with Crippen molar-refractivity contribution >= 4 is 22.6 Å². The number of imidazole rings is 1. The van der Waals surface area contributed by atoms with Crippen molar-refractivity contribution < 1.29 is 4.74 Å². The molecule has 0 spiro atoms. The number of benzene rings is 3. The molecule has 0 unspecified atom stereocenters. The molecule has 4 aromatic rings. The third kappa shape index (κ3) is 4.37. The van der Waals surface area contributed by atoms with Gasteiger partial charge in [0.25, 0.3) is 0 Å². The van der Waals surface area contributed by atoms with Gasteiger partial charge in [0.1, 0.15) is 11.6 Å². The summed E-state index contributed by atoms with van der Waals surface area (Å²) in [7, 11) is 0. The Morgan fingerprint density at radius 1 is 0.821 bits per heavy atom. The van der Waals surface area contributed by atoms with Crippen LogP contribution >= 0.6 is 11.6 Å². The van der Waals surface area contributed by atoms with Crippen LogP contribution in [0.25, 0.3) is 11.0 Å². The molecular weight excluding hydrogens is 368 g/mol. The summed E-state index contributed by atoms with van der Waals surface area (Å²) in [6.45, 7) is 1.58. The summed E-state index contributed by atoms with van der Waals surface area (Å²) in [4.78, 5) is 4.88. The van der Waals surface area contributed by atoms with Crippen molar-refractivity contribution in [1.29, 1.82) is 0 Å². The Kier molecular flexibility index (Phi) is 5.93. The van der Waals surface area contributed by atoms with Gasteiger partial charge in [0.05, 0.1) is 22.7 Å². The van der Waals surface area contributed by atoms with Gasteiger partial charge in [-0.3, -0.25) is 0 Å². The Hall–Kier alpha value is -2.78. The molecule has 0 saturated carbocycles. The highest BCUT2D eigenvalue weighted by atomic mass is 35.5. The minimum absolute atomic E-state index is 0.657. The lowest BCUT2D eigenvalue weighted by Crippen LogP contribution is -2.07. The molecule has 0 radical (unpaired) electrons. The van der Waals surface area contributed by atoms with Crippen molar-refractivity contribution in [3.63, 3.8) is 0 Å². The molecule has 0 saturated heterocycles. The van der Waals surface area contributed by atoms with Gasteiger partial charge in [-0.2, -0.15) is 0 Å². The van der Waals surface area contributed by atoms with Crippen molar-refractivity contribution in [2.75, 3.05) is 6.61 Å². The minimum atomic E-state index is 0.657. The number of rotatable bonds is 8. The second kappa shape index (κ2) is 8.94. The molecule has 4 heteroatoms.